The fourth-order valence-corrected chi connectivity index (χ4v) is 3.35. The molecule has 1 unspecified atom stereocenters. The number of rotatable bonds is 7. The molecule has 1 aliphatic rings. The van der Waals surface area contributed by atoms with E-state index >= 15 is 0 Å². The van der Waals surface area contributed by atoms with E-state index in [-0.39, 0.29) is 6.04 Å². The van der Waals surface area contributed by atoms with E-state index in [1.54, 1.807) is 0 Å². The van der Waals surface area contributed by atoms with E-state index in [0.29, 0.717) is 0 Å². The molecule has 2 heteroatoms. The Morgan fingerprint density at radius 2 is 1.85 bits per heavy atom. The van der Waals surface area contributed by atoms with Gasteiger partial charge in [-0.3, -0.25) is 0 Å². The molecule has 1 saturated carbocycles. The molecular formula is C18H30N2. The molecule has 1 fully saturated rings. The lowest BCUT2D eigenvalue weighted by atomic mass is 9.89. The van der Waals surface area contributed by atoms with E-state index in [9.17, 15) is 0 Å². The molecule has 1 atom stereocenters. The van der Waals surface area contributed by atoms with Crippen molar-refractivity contribution in [3.05, 3.63) is 35.9 Å². The Kier molecular flexibility index (Phi) is 6.55. The minimum atomic E-state index is 0.194. The van der Waals surface area contributed by atoms with Crippen molar-refractivity contribution in [1.29, 1.82) is 0 Å². The van der Waals surface area contributed by atoms with E-state index in [0.717, 1.165) is 12.3 Å². The maximum absolute atomic E-state index is 6.25. The second-order valence-corrected chi connectivity index (χ2v) is 6.43. The van der Waals surface area contributed by atoms with E-state index in [1.165, 1.54) is 57.2 Å². The standard InChI is InChI=1S/C18H30N2/c1-20(15-16-9-4-2-5-10-16)14-8-13-18(19)17-11-6-3-7-12-17/h3,6-7,11-12,16,18H,2,4-5,8-10,13-15,19H2,1H3. The number of hydrogen-bond donors (Lipinski definition) is 1. The molecule has 0 bridgehead atoms. The first-order valence-corrected chi connectivity index (χ1v) is 8.25. The van der Waals surface area contributed by atoms with E-state index in [2.05, 4.69) is 36.2 Å². The molecule has 20 heavy (non-hydrogen) atoms. The van der Waals surface area contributed by atoms with Crippen molar-refractivity contribution in [2.24, 2.45) is 11.7 Å². The zero-order valence-electron chi connectivity index (χ0n) is 12.9. The van der Waals surface area contributed by atoms with Crippen LogP contribution in [-0.4, -0.2) is 25.0 Å². The molecule has 0 heterocycles. The molecule has 0 saturated heterocycles. The molecule has 2 nitrogen and oxygen atoms in total. The Labute approximate surface area is 124 Å². The first-order valence-electron chi connectivity index (χ1n) is 8.25. The van der Waals surface area contributed by atoms with Crippen LogP contribution in [0.3, 0.4) is 0 Å². The molecule has 2 N–H and O–H groups in total. The van der Waals surface area contributed by atoms with Crippen LogP contribution in [0.5, 0.6) is 0 Å². The van der Waals surface area contributed by atoms with Gasteiger partial charge in [-0.15, -0.1) is 0 Å². The lowest BCUT2D eigenvalue weighted by Gasteiger charge is -2.27. The summed E-state index contributed by atoms with van der Waals surface area (Å²) in [5.41, 5.74) is 7.51. The third-order valence-corrected chi connectivity index (χ3v) is 4.58. The first-order chi connectivity index (χ1) is 9.75. The molecule has 0 aliphatic heterocycles. The van der Waals surface area contributed by atoms with Gasteiger partial charge in [-0.1, -0.05) is 49.6 Å². The van der Waals surface area contributed by atoms with Gasteiger partial charge in [0.05, 0.1) is 0 Å². The monoisotopic (exact) mass is 274 g/mol. The van der Waals surface area contributed by atoms with Crippen LogP contribution in [0.25, 0.3) is 0 Å². The number of hydrogen-bond acceptors (Lipinski definition) is 2. The summed E-state index contributed by atoms with van der Waals surface area (Å²) < 4.78 is 0. The van der Waals surface area contributed by atoms with E-state index in [4.69, 9.17) is 5.73 Å². The SMILES string of the molecule is CN(CCCC(N)c1ccccc1)CC1CCCCC1. The third kappa shape index (κ3) is 5.26. The first kappa shape index (κ1) is 15.5. The zero-order valence-corrected chi connectivity index (χ0v) is 12.9. The van der Waals surface area contributed by atoms with Crippen molar-refractivity contribution in [3.63, 3.8) is 0 Å². The number of nitrogens with two attached hydrogens (primary N) is 1. The Morgan fingerprint density at radius 1 is 1.15 bits per heavy atom. The summed E-state index contributed by atoms with van der Waals surface area (Å²) in [4.78, 5) is 2.51. The summed E-state index contributed by atoms with van der Waals surface area (Å²) in [6.45, 7) is 2.46. The molecule has 0 radical (unpaired) electrons. The Hall–Kier alpha value is -0.860. The van der Waals surface area contributed by atoms with Gasteiger partial charge >= 0.3 is 0 Å². The van der Waals surface area contributed by atoms with Crippen molar-refractivity contribution >= 4 is 0 Å². The maximum Gasteiger partial charge on any atom is 0.0295 e. The Morgan fingerprint density at radius 3 is 2.55 bits per heavy atom. The van der Waals surface area contributed by atoms with Gasteiger partial charge < -0.3 is 10.6 Å². The van der Waals surface area contributed by atoms with Crippen molar-refractivity contribution in [2.45, 2.75) is 51.0 Å². The lowest BCUT2D eigenvalue weighted by molar-refractivity contribution is 0.229. The lowest BCUT2D eigenvalue weighted by Crippen LogP contribution is -2.28. The van der Waals surface area contributed by atoms with Crippen LogP contribution in [-0.2, 0) is 0 Å². The molecular weight excluding hydrogens is 244 g/mol. The zero-order chi connectivity index (χ0) is 14.2. The second-order valence-electron chi connectivity index (χ2n) is 6.43. The van der Waals surface area contributed by atoms with Gasteiger partial charge in [0, 0.05) is 12.6 Å². The highest BCUT2D eigenvalue weighted by Gasteiger charge is 2.15. The van der Waals surface area contributed by atoms with Crippen molar-refractivity contribution < 1.29 is 0 Å². The van der Waals surface area contributed by atoms with Crippen LogP contribution in [0.1, 0.15) is 56.6 Å². The van der Waals surface area contributed by atoms with Gasteiger partial charge in [-0.05, 0) is 50.8 Å². The molecule has 2 rings (SSSR count). The van der Waals surface area contributed by atoms with Crippen LogP contribution in [0.2, 0.25) is 0 Å². The van der Waals surface area contributed by atoms with E-state index in [1.807, 2.05) is 6.07 Å². The predicted molar refractivity (Wildman–Crippen MR) is 86.7 cm³/mol. The molecule has 0 amide bonds. The molecule has 112 valence electrons. The Bertz CT molecular complexity index is 357. The predicted octanol–water partition coefficient (Wildman–Crippen LogP) is 3.98. The van der Waals surface area contributed by atoms with Gasteiger partial charge in [-0.2, -0.15) is 0 Å². The largest absolute Gasteiger partial charge is 0.324 e. The van der Waals surface area contributed by atoms with Crippen molar-refractivity contribution in [2.75, 3.05) is 20.1 Å². The minimum absolute atomic E-state index is 0.194. The van der Waals surface area contributed by atoms with Gasteiger partial charge in [0.2, 0.25) is 0 Å². The quantitative estimate of drug-likeness (QED) is 0.815. The fraction of sp³-hybridized carbons (Fsp3) is 0.667. The van der Waals surface area contributed by atoms with Crippen molar-refractivity contribution in [3.8, 4) is 0 Å². The van der Waals surface area contributed by atoms with Gasteiger partial charge in [0.15, 0.2) is 0 Å². The summed E-state index contributed by atoms with van der Waals surface area (Å²) in [5, 5.41) is 0. The van der Waals surface area contributed by atoms with Crippen molar-refractivity contribution in [1.82, 2.24) is 4.90 Å². The number of benzene rings is 1. The summed E-state index contributed by atoms with van der Waals surface area (Å²) >= 11 is 0. The maximum atomic E-state index is 6.25. The minimum Gasteiger partial charge on any atom is -0.324 e. The number of nitrogens with zero attached hydrogens (tertiary/aromatic N) is 1. The average Bonchev–Trinajstić information content (AvgIpc) is 2.49. The summed E-state index contributed by atoms with van der Waals surface area (Å²) in [6.07, 6.45) is 9.49. The topological polar surface area (TPSA) is 29.3 Å². The molecule has 1 aliphatic carbocycles. The van der Waals surface area contributed by atoms with Gasteiger partial charge in [0.1, 0.15) is 0 Å². The molecule has 1 aromatic carbocycles. The fourth-order valence-electron chi connectivity index (χ4n) is 3.35. The summed E-state index contributed by atoms with van der Waals surface area (Å²) in [5.74, 6) is 0.941. The highest BCUT2D eigenvalue weighted by molar-refractivity contribution is 5.18. The summed E-state index contributed by atoms with van der Waals surface area (Å²) in [6, 6.07) is 10.7. The molecule has 0 spiro atoms. The third-order valence-electron chi connectivity index (χ3n) is 4.58. The smallest absolute Gasteiger partial charge is 0.0295 e. The van der Waals surface area contributed by atoms with Gasteiger partial charge in [0.25, 0.3) is 0 Å². The van der Waals surface area contributed by atoms with Crippen LogP contribution in [0.4, 0.5) is 0 Å². The summed E-state index contributed by atoms with van der Waals surface area (Å²) in [7, 11) is 2.27. The normalized spacial score (nSPS) is 18.4. The second kappa shape index (κ2) is 8.43. The average molecular weight is 274 g/mol. The van der Waals surface area contributed by atoms with Crippen LogP contribution in [0, 0.1) is 5.92 Å². The highest BCUT2D eigenvalue weighted by Crippen LogP contribution is 2.24. The molecule has 0 aromatic heterocycles. The van der Waals surface area contributed by atoms with E-state index < -0.39 is 0 Å². The highest BCUT2D eigenvalue weighted by atomic mass is 15.1. The van der Waals surface area contributed by atoms with Crippen LogP contribution >= 0.6 is 0 Å². The van der Waals surface area contributed by atoms with Gasteiger partial charge in [-0.25, -0.2) is 0 Å². The Balaban J connectivity index is 1.62. The van der Waals surface area contributed by atoms with Crippen LogP contribution in [0.15, 0.2) is 30.3 Å². The van der Waals surface area contributed by atoms with Crippen LogP contribution < -0.4 is 5.73 Å². The molecule has 1 aromatic rings.